The van der Waals surface area contributed by atoms with E-state index >= 15 is 0 Å². The Morgan fingerprint density at radius 1 is 1.10 bits per heavy atom. The zero-order valence-electron chi connectivity index (χ0n) is 16.3. The molecule has 1 aliphatic heterocycles. The van der Waals surface area contributed by atoms with Crippen LogP contribution < -0.4 is 10.1 Å². The lowest BCUT2D eigenvalue weighted by Gasteiger charge is -2.19. The molecule has 1 atom stereocenters. The minimum atomic E-state index is -1.10. The Morgan fingerprint density at radius 2 is 1.79 bits per heavy atom. The van der Waals surface area contributed by atoms with Gasteiger partial charge in [0, 0.05) is 18.7 Å². The fraction of sp³-hybridized carbons (Fsp3) is 0.227. The smallest absolute Gasteiger partial charge is 0.339 e. The number of methoxy groups -OCH3 is 1. The second-order valence-corrected chi connectivity index (χ2v) is 6.44. The lowest BCUT2D eigenvalue weighted by Crippen LogP contribution is -2.41. The zero-order chi connectivity index (χ0) is 20.8. The number of carbonyl (C=O) groups is 3. The Labute approximate surface area is 168 Å². The lowest BCUT2D eigenvalue weighted by atomic mass is 10.0. The van der Waals surface area contributed by atoms with Crippen molar-refractivity contribution in [2.24, 2.45) is 0 Å². The van der Waals surface area contributed by atoms with Gasteiger partial charge in [0.25, 0.3) is 5.91 Å². The second kappa shape index (κ2) is 9.05. The van der Waals surface area contributed by atoms with Gasteiger partial charge in [0.1, 0.15) is 5.75 Å². The van der Waals surface area contributed by atoms with Gasteiger partial charge in [-0.2, -0.15) is 0 Å². The molecule has 0 saturated carbocycles. The van der Waals surface area contributed by atoms with Crippen LogP contribution in [0, 0.1) is 0 Å². The van der Waals surface area contributed by atoms with Crippen molar-refractivity contribution in [3.63, 3.8) is 0 Å². The minimum Gasteiger partial charge on any atom is -0.496 e. The van der Waals surface area contributed by atoms with Crippen LogP contribution in [0.4, 0.5) is 4.79 Å². The first-order valence-corrected chi connectivity index (χ1v) is 9.21. The molecule has 2 aromatic rings. The molecule has 0 bridgehead atoms. The first-order valence-electron chi connectivity index (χ1n) is 9.21. The van der Waals surface area contributed by atoms with E-state index in [1.54, 1.807) is 31.4 Å². The average Bonchev–Trinajstić information content (AvgIpc) is 3.17. The van der Waals surface area contributed by atoms with Gasteiger partial charge in [-0.1, -0.05) is 48.5 Å². The number of amides is 3. The van der Waals surface area contributed by atoms with Gasteiger partial charge in [-0.3, -0.25) is 9.69 Å². The third-order valence-electron chi connectivity index (χ3n) is 4.50. The van der Waals surface area contributed by atoms with Gasteiger partial charge in [-0.25, -0.2) is 9.59 Å². The molecular weight excluding hydrogens is 372 g/mol. The molecule has 29 heavy (non-hydrogen) atoms. The molecule has 3 amide bonds. The lowest BCUT2D eigenvalue weighted by molar-refractivity contribution is -0.152. The summed E-state index contributed by atoms with van der Waals surface area (Å²) in [6, 6.07) is 15.8. The fourth-order valence-corrected chi connectivity index (χ4v) is 2.99. The van der Waals surface area contributed by atoms with E-state index in [4.69, 9.17) is 9.47 Å². The van der Waals surface area contributed by atoms with Crippen molar-refractivity contribution in [2.45, 2.75) is 13.0 Å². The topological polar surface area (TPSA) is 84.9 Å². The van der Waals surface area contributed by atoms with Crippen LogP contribution in [0.5, 0.6) is 5.75 Å². The Kier molecular flexibility index (Phi) is 6.29. The molecule has 0 spiro atoms. The molecule has 1 saturated heterocycles. The maximum atomic E-state index is 13.0. The first-order chi connectivity index (χ1) is 14.0. The SMILES string of the molecule is COc1ccccc1/C=C(/C(=O)OC(C)C(=O)N1CCNC1=O)c1ccccc1. The molecular formula is C22H22N2O5. The molecule has 7 nitrogen and oxygen atoms in total. The summed E-state index contributed by atoms with van der Waals surface area (Å²) >= 11 is 0. The summed E-state index contributed by atoms with van der Waals surface area (Å²) in [6.07, 6.45) is 0.562. The Balaban J connectivity index is 1.88. The van der Waals surface area contributed by atoms with Gasteiger partial charge in [0.15, 0.2) is 6.10 Å². The van der Waals surface area contributed by atoms with Crippen LogP contribution in [0.1, 0.15) is 18.1 Å². The van der Waals surface area contributed by atoms with Gasteiger partial charge in [-0.15, -0.1) is 0 Å². The summed E-state index contributed by atoms with van der Waals surface area (Å²) in [5.41, 5.74) is 1.62. The molecule has 2 aromatic carbocycles. The van der Waals surface area contributed by atoms with Gasteiger partial charge < -0.3 is 14.8 Å². The summed E-state index contributed by atoms with van der Waals surface area (Å²) in [6.45, 7) is 2.09. The minimum absolute atomic E-state index is 0.252. The van der Waals surface area contributed by atoms with E-state index in [-0.39, 0.29) is 12.1 Å². The summed E-state index contributed by atoms with van der Waals surface area (Å²) in [4.78, 5) is 38.2. The summed E-state index contributed by atoms with van der Waals surface area (Å²) in [7, 11) is 1.55. The van der Waals surface area contributed by atoms with Gasteiger partial charge in [-0.05, 0) is 24.6 Å². The van der Waals surface area contributed by atoms with Crippen molar-refractivity contribution in [3.8, 4) is 5.75 Å². The Morgan fingerprint density at radius 3 is 2.45 bits per heavy atom. The van der Waals surface area contributed by atoms with E-state index in [2.05, 4.69) is 5.32 Å². The molecule has 0 aliphatic carbocycles. The number of nitrogens with zero attached hydrogens (tertiary/aromatic N) is 1. The van der Waals surface area contributed by atoms with E-state index in [1.807, 2.05) is 36.4 Å². The van der Waals surface area contributed by atoms with Crippen LogP contribution in [-0.2, 0) is 14.3 Å². The van der Waals surface area contributed by atoms with Crippen LogP contribution in [0.3, 0.4) is 0 Å². The quantitative estimate of drug-likeness (QED) is 0.463. The highest BCUT2D eigenvalue weighted by molar-refractivity contribution is 6.22. The van der Waals surface area contributed by atoms with E-state index in [9.17, 15) is 14.4 Å². The molecule has 0 aromatic heterocycles. The second-order valence-electron chi connectivity index (χ2n) is 6.44. The van der Waals surface area contributed by atoms with E-state index in [0.717, 1.165) is 4.90 Å². The maximum Gasteiger partial charge on any atom is 0.339 e. The summed E-state index contributed by atoms with van der Waals surface area (Å²) < 4.78 is 10.8. The zero-order valence-corrected chi connectivity index (χ0v) is 16.3. The van der Waals surface area contributed by atoms with Crippen molar-refractivity contribution >= 4 is 29.6 Å². The highest BCUT2D eigenvalue weighted by Gasteiger charge is 2.32. The molecule has 1 aliphatic rings. The number of ether oxygens (including phenoxy) is 2. The third kappa shape index (κ3) is 4.63. The highest BCUT2D eigenvalue weighted by Crippen LogP contribution is 2.26. The van der Waals surface area contributed by atoms with E-state index in [1.165, 1.54) is 6.92 Å². The number of carbonyl (C=O) groups excluding carboxylic acids is 3. The molecule has 1 unspecified atom stereocenters. The van der Waals surface area contributed by atoms with Crippen LogP contribution in [0.25, 0.3) is 11.6 Å². The van der Waals surface area contributed by atoms with Gasteiger partial charge in [0.05, 0.1) is 12.7 Å². The third-order valence-corrected chi connectivity index (χ3v) is 4.50. The fourth-order valence-electron chi connectivity index (χ4n) is 2.99. The predicted molar refractivity (Wildman–Crippen MR) is 108 cm³/mol. The highest BCUT2D eigenvalue weighted by atomic mass is 16.5. The molecule has 7 heteroatoms. The van der Waals surface area contributed by atoms with Crippen LogP contribution in [0.2, 0.25) is 0 Å². The number of esters is 1. The normalized spacial score (nSPS) is 14.9. The maximum absolute atomic E-state index is 13.0. The number of urea groups is 1. The number of hydrogen-bond acceptors (Lipinski definition) is 5. The molecule has 3 rings (SSSR count). The summed E-state index contributed by atoms with van der Waals surface area (Å²) in [5.74, 6) is -0.618. The predicted octanol–water partition coefficient (Wildman–Crippen LogP) is 2.72. The van der Waals surface area contributed by atoms with Crippen LogP contribution in [0.15, 0.2) is 54.6 Å². The molecule has 1 fully saturated rings. The van der Waals surface area contributed by atoms with E-state index < -0.39 is 24.0 Å². The number of benzene rings is 2. The Hall–Kier alpha value is -3.61. The number of rotatable bonds is 6. The van der Waals surface area contributed by atoms with Crippen molar-refractivity contribution < 1.29 is 23.9 Å². The number of nitrogens with one attached hydrogen (secondary N) is 1. The first kappa shape index (κ1) is 20.1. The summed E-state index contributed by atoms with van der Waals surface area (Å²) in [5, 5.41) is 2.55. The van der Waals surface area contributed by atoms with Crippen LogP contribution in [-0.4, -0.2) is 49.1 Å². The van der Waals surface area contributed by atoms with Gasteiger partial charge in [0.2, 0.25) is 0 Å². The van der Waals surface area contributed by atoms with Crippen molar-refractivity contribution in [1.29, 1.82) is 0 Å². The van der Waals surface area contributed by atoms with Crippen molar-refractivity contribution in [3.05, 3.63) is 65.7 Å². The van der Waals surface area contributed by atoms with E-state index in [0.29, 0.717) is 23.4 Å². The molecule has 150 valence electrons. The standard InChI is InChI=1S/C22H22N2O5/c1-15(20(25)24-13-12-23-22(24)27)29-21(26)18(16-8-4-3-5-9-16)14-17-10-6-7-11-19(17)28-2/h3-11,14-15H,12-13H2,1-2H3,(H,23,27)/b18-14+. The monoisotopic (exact) mass is 394 g/mol. The van der Waals surface area contributed by atoms with Crippen molar-refractivity contribution in [2.75, 3.05) is 20.2 Å². The van der Waals surface area contributed by atoms with Gasteiger partial charge >= 0.3 is 12.0 Å². The number of para-hydroxylation sites is 1. The number of hydrogen-bond donors (Lipinski definition) is 1. The molecule has 1 N–H and O–H groups in total. The number of imide groups is 1. The molecule has 0 radical (unpaired) electrons. The Bertz CT molecular complexity index is 939. The van der Waals surface area contributed by atoms with Crippen molar-refractivity contribution in [1.82, 2.24) is 10.2 Å². The van der Waals surface area contributed by atoms with Crippen LogP contribution >= 0.6 is 0 Å². The largest absolute Gasteiger partial charge is 0.496 e. The average molecular weight is 394 g/mol. The molecule has 1 heterocycles.